The van der Waals surface area contributed by atoms with E-state index >= 15 is 0 Å². The van der Waals surface area contributed by atoms with E-state index in [1.165, 1.54) is 0 Å². The Labute approximate surface area is 116 Å². The number of amides is 1. The number of halogens is 3. The van der Waals surface area contributed by atoms with E-state index < -0.39 is 25.0 Å². The summed E-state index contributed by atoms with van der Waals surface area (Å²) >= 11 is 0. The monoisotopic (exact) mass is 288 g/mol. The fraction of sp³-hybridized carbons (Fsp3) is 0.500. The van der Waals surface area contributed by atoms with E-state index in [4.69, 9.17) is 0 Å². The first-order chi connectivity index (χ1) is 9.33. The molecule has 0 bridgehead atoms. The molecule has 0 aliphatic heterocycles. The molecule has 1 amide bonds. The minimum atomic E-state index is -4.26. The molecule has 3 nitrogen and oxygen atoms in total. The maximum absolute atomic E-state index is 12.1. The first-order valence-corrected chi connectivity index (χ1v) is 6.53. The van der Waals surface area contributed by atoms with Crippen LogP contribution in [0.2, 0.25) is 0 Å². The Morgan fingerprint density at radius 2 is 1.95 bits per heavy atom. The van der Waals surface area contributed by atoms with Gasteiger partial charge in [0.1, 0.15) is 0 Å². The van der Waals surface area contributed by atoms with Crippen molar-refractivity contribution in [2.45, 2.75) is 32.9 Å². The van der Waals surface area contributed by atoms with Gasteiger partial charge in [0.25, 0.3) is 5.91 Å². The zero-order valence-electron chi connectivity index (χ0n) is 11.6. The number of carbonyl (C=O) groups excluding carboxylic acids is 1. The van der Waals surface area contributed by atoms with Crippen LogP contribution >= 0.6 is 0 Å². The van der Waals surface area contributed by atoms with Crippen LogP contribution < -0.4 is 10.6 Å². The quantitative estimate of drug-likeness (QED) is 0.841. The number of aryl methyl sites for hydroxylation is 1. The highest BCUT2D eigenvalue weighted by molar-refractivity contribution is 5.99. The number of benzene rings is 1. The van der Waals surface area contributed by atoms with Gasteiger partial charge in [-0.2, -0.15) is 13.2 Å². The molecule has 0 aliphatic rings. The van der Waals surface area contributed by atoms with Gasteiger partial charge in [0.2, 0.25) is 0 Å². The lowest BCUT2D eigenvalue weighted by molar-refractivity contribution is -0.132. The number of alkyl halides is 3. The Kier molecular flexibility index (Phi) is 5.85. The van der Waals surface area contributed by atoms with Gasteiger partial charge in [0, 0.05) is 18.8 Å². The van der Waals surface area contributed by atoms with Crippen LogP contribution in [0.3, 0.4) is 0 Å². The molecule has 0 heterocycles. The second-order valence-electron chi connectivity index (χ2n) is 4.60. The van der Waals surface area contributed by atoms with Gasteiger partial charge in [-0.15, -0.1) is 0 Å². The molecule has 0 unspecified atom stereocenters. The molecule has 1 aromatic carbocycles. The van der Waals surface area contributed by atoms with Gasteiger partial charge in [-0.25, -0.2) is 0 Å². The fourth-order valence-electron chi connectivity index (χ4n) is 1.67. The molecule has 1 aromatic rings. The van der Waals surface area contributed by atoms with Crippen molar-refractivity contribution in [1.29, 1.82) is 0 Å². The molecule has 0 fully saturated rings. The summed E-state index contributed by atoms with van der Waals surface area (Å²) < 4.78 is 36.2. The van der Waals surface area contributed by atoms with Crippen molar-refractivity contribution in [2.24, 2.45) is 0 Å². The molecule has 0 aromatic heterocycles. The van der Waals surface area contributed by atoms with Crippen molar-refractivity contribution in [3.63, 3.8) is 0 Å². The van der Waals surface area contributed by atoms with Gasteiger partial charge in [0.15, 0.2) is 0 Å². The zero-order chi connectivity index (χ0) is 15.2. The SMILES string of the molecule is CCCNc1ccc(C)cc1C(=O)NCCC(F)(F)F. The van der Waals surface area contributed by atoms with E-state index in [0.717, 1.165) is 12.0 Å². The number of rotatable bonds is 6. The van der Waals surface area contributed by atoms with Crippen molar-refractivity contribution >= 4 is 11.6 Å². The molecule has 0 spiro atoms. The number of nitrogens with one attached hydrogen (secondary N) is 2. The Morgan fingerprint density at radius 1 is 1.25 bits per heavy atom. The molecule has 0 aliphatic carbocycles. The highest BCUT2D eigenvalue weighted by Crippen LogP contribution is 2.20. The Hall–Kier alpha value is -1.72. The Morgan fingerprint density at radius 3 is 2.55 bits per heavy atom. The predicted octanol–water partition coefficient (Wildman–Crippen LogP) is 3.50. The third-order valence-corrected chi connectivity index (χ3v) is 2.68. The number of carbonyl (C=O) groups is 1. The van der Waals surface area contributed by atoms with Gasteiger partial charge in [-0.3, -0.25) is 4.79 Å². The van der Waals surface area contributed by atoms with E-state index in [-0.39, 0.29) is 0 Å². The second-order valence-corrected chi connectivity index (χ2v) is 4.60. The molecule has 0 saturated carbocycles. The average molecular weight is 288 g/mol. The largest absolute Gasteiger partial charge is 0.390 e. The Balaban J connectivity index is 2.72. The predicted molar refractivity (Wildman–Crippen MR) is 73.0 cm³/mol. The first kappa shape index (κ1) is 16.3. The summed E-state index contributed by atoms with van der Waals surface area (Å²) in [4.78, 5) is 11.9. The van der Waals surface area contributed by atoms with Gasteiger partial charge < -0.3 is 10.6 Å². The topological polar surface area (TPSA) is 41.1 Å². The lowest BCUT2D eigenvalue weighted by Gasteiger charge is -2.13. The molecule has 1 rings (SSSR count). The zero-order valence-corrected chi connectivity index (χ0v) is 11.6. The fourth-order valence-corrected chi connectivity index (χ4v) is 1.67. The molecular formula is C14H19F3N2O. The highest BCUT2D eigenvalue weighted by atomic mass is 19.4. The van der Waals surface area contributed by atoms with Crippen LogP contribution in [0.1, 0.15) is 35.7 Å². The van der Waals surface area contributed by atoms with Crippen molar-refractivity contribution < 1.29 is 18.0 Å². The minimum Gasteiger partial charge on any atom is -0.384 e. The normalized spacial score (nSPS) is 11.2. The summed E-state index contributed by atoms with van der Waals surface area (Å²) in [6.07, 6.45) is -4.39. The van der Waals surface area contributed by atoms with Crippen molar-refractivity contribution in [2.75, 3.05) is 18.4 Å². The first-order valence-electron chi connectivity index (χ1n) is 6.53. The van der Waals surface area contributed by atoms with Gasteiger partial charge in [-0.1, -0.05) is 18.6 Å². The lowest BCUT2D eigenvalue weighted by Crippen LogP contribution is -2.28. The number of anilines is 1. The highest BCUT2D eigenvalue weighted by Gasteiger charge is 2.26. The maximum Gasteiger partial charge on any atom is 0.390 e. The minimum absolute atomic E-state index is 0.376. The molecule has 20 heavy (non-hydrogen) atoms. The number of hydrogen-bond acceptors (Lipinski definition) is 2. The van der Waals surface area contributed by atoms with E-state index in [1.54, 1.807) is 12.1 Å². The molecule has 6 heteroatoms. The third-order valence-electron chi connectivity index (χ3n) is 2.68. The van der Waals surface area contributed by atoms with Crippen LogP contribution in [0.4, 0.5) is 18.9 Å². The standard InChI is InChI=1S/C14H19F3N2O/c1-3-7-18-12-5-4-10(2)9-11(12)13(20)19-8-6-14(15,16)17/h4-5,9,18H,3,6-8H2,1-2H3,(H,19,20). The van der Waals surface area contributed by atoms with Gasteiger partial charge >= 0.3 is 6.18 Å². The summed E-state index contributed by atoms with van der Waals surface area (Å²) in [5.74, 6) is -0.489. The van der Waals surface area contributed by atoms with Crippen LogP contribution in [0.25, 0.3) is 0 Å². The van der Waals surface area contributed by atoms with E-state index in [1.807, 2.05) is 19.9 Å². The lowest BCUT2D eigenvalue weighted by atomic mass is 10.1. The van der Waals surface area contributed by atoms with E-state index in [9.17, 15) is 18.0 Å². The third kappa shape index (κ3) is 5.50. The van der Waals surface area contributed by atoms with Gasteiger partial charge in [0.05, 0.1) is 12.0 Å². The molecule has 0 radical (unpaired) electrons. The summed E-state index contributed by atoms with van der Waals surface area (Å²) in [7, 11) is 0. The van der Waals surface area contributed by atoms with Crippen molar-refractivity contribution in [1.82, 2.24) is 5.32 Å². The van der Waals surface area contributed by atoms with Crippen molar-refractivity contribution in [3.8, 4) is 0 Å². The van der Waals surface area contributed by atoms with E-state index in [0.29, 0.717) is 17.8 Å². The molecular weight excluding hydrogens is 269 g/mol. The van der Waals surface area contributed by atoms with Gasteiger partial charge in [-0.05, 0) is 25.5 Å². The smallest absolute Gasteiger partial charge is 0.384 e. The van der Waals surface area contributed by atoms with Crippen LogP contribution in [0.15, 0.2) is 18.2 Å². The maximum atomic E-state index is 12.1. The number of hydrogen-bond donors (Lipinski definition) is 2. The van der Waals surface area contributed by atoms with Crippen LogP contribution in [0.5, 0.6) is 0 Å². The summed E-state index contributed by atoms with van der Waals surface area (Å²) in [5, 5.41) is 5.40. The Bertz CT molecular complexity index is 458. The summed E-state index contributed by atoms with van der Waals surface area (Å²) in [5.41, 5.74) is 1.90. The van der Waals surface area contributed by atoms with Crippen LogP contribution in [-0.4, -0.2) is 25.2 Å². The molecule has 112 valence electrons. The van der Waals surface area contributed by atoms with Crippen LogP contribution in [-0.2, 0) is 0 Å². The second kappa shape index (κ2) is 7.17. The summed E-state index contributed by atoms with van der Waals surface area (Å²) in [6.45, 7) is 4.11. The molecule has 2 N–H and O–H groups in total. The molecule has 0 saturated heterocycles. The average Bonchev–Trinajstić information content (AvgIpc) is 2.35. The molecule has 0 atom stereocenters. The van der Waals surface area contributed by atoms with Crippen molar-refractivity contribution in [3.05, 3.63) is 29.3 Å². The van der Waals surface area contributed by atoms with E-state index in [2.05, 4.69) is 10.6 Å². The van der Waals surface area contributed by atoms with Crippen LogP contribution in [0, 0.1) is 6.92 Å². The summed E-state index contributed by atoms with van der Waals surface area (Å²) in [6, 6.07) is 5.29.